The Morgan fingerprint density at radius 2 is 1.57 bits per heavy atom. The SMILES string of the molecule is CNCc1cn(C2CCN(Cc3ccc4cccc(Cl)c4n3)CC2)nn1.O=C(O)C(F)(F)F.O=C(O)C(F)(F)F. The first-order chi connectivity index (χ1) is 18.6. The molecule has 0 atom stereocenters. The molecule has 220 valence electrons. The molecule has 0 saturated carbocycles. The molecular weight excluding hydrogens is 574 g/mol. The summed E-state index contributed by atoms with van der Waals surface area (Å²) in [7, 11) is 1.92. The van der Waals surface area contributed by atoms with E-state index in [1.165, 1.54) is 0 Å². The van der Waals surface area contributed by atoms with E-state index in [1.807, 2.05) is 29.9 Å². The van der Waals surface area contributed by atoms with Crippen LogP contribution in [-0.2, 0) is 22.7 Å². The summed E-state index contributed by atoms with van der Waals surface area (Å²) in [6.07, 6.45) is -5.95. The number of carbonyl (C=O) groups is 2. The molecule has 3 heterocycles. The Morgan fingerprint density at radius 1 is 1.00 bits per heavy atom. The van der Waals surface area contributed by atoms with Crippen LogP contribution in [-0.4, -0.2) is 79.5 Å². The number of aliphatic carboxylic acids is 2. The van der Waals surface area contributed by atoms with Crippen molar-refractivity contribution in [1.29, 1.82) is 0 Å². The van der Waals surface area contributed by atoms with E-state index in [0.29, 0.717) is 11.1 Å². The monoisotopic (exact) mass is 598 g/mol. The summed E-state index contributed by atoms with van der Waals surface area (Å²) in [6.45, 7) is 3.69. The Labute approximate surface area is 228 Å². The van der Waals surface area contributed by atoms with Crippen LogP contribution in [0.1, 0.15) is 30.3 Å². The molecule has 0 unspecified atom stereocenters. The third-order valence-corrected chi connectivity index (χ3v) is 5.75. The van der Waals surface area contributed by atoms with Crippen molar-refractivity contribution in [3.63, 3.8) is 0 Å². The average molecular weight is 599 g/mol. The zero-order valence-electron chi connectivity index (χ0n) is 20.9. The molecule has 17 heteroatoms. The molecular formula is C23H25ClF6N6O4. The number of carboxylic acids is 2. The van der Waals surface area contributed by atoms with Gasteiger partial charge in [0.1, 0.15) is 0 Å². The fourth-order valence-electron chi connectivity index (χ4n) is 3.56. The summed E-state index contributed by atoms with van der Waals surface area (Å²) >= 11 is 6.29. The lowest BCUT2D eigenvalue weighted by atomic mass is 10.0. The molecule has 4 rings (SSSR count). The van der Waals surface area contributed by atoms with Crippen molar-refractivity contribution in [3.8, 4) is 0 Å². The maximum absolute atomic E-state index is 10.6. The van der Waals surface area contributed by atoms with Gasteiger partial charge in [-0.1, -0.05) is 35.0 Å². The highest BCUT2D eigenvalue weighted by atomic mass is 35.5. The van der Waals surface area contributed by atoms with Crippen molar-refractivity contribution in [2.24, 2.45) is 0 Å². The number of carboxylic acid groups (broad SMARTS) is 2. The predicted molar refractivity (Wildman–Crippen MR) is 130 cm³/mol. The average Bonchev–Trinajstić information content (AvgIpc) is 3.33. The highest BCUT2D eigenvalue weighted by Crippen LogP contribution is 2.25. The first kappa shape index (κ1) is 32.7. The van der Waals surface area contributed by atoms with E-state index >= 15 is 0 Å². The third-order valence-electron chi connectivity index (χ3n) is 5.45. The summed E-state index contributed by atoms with van der Waals surface area (Å²) in [5.74, 6) is -5.51. The molecule has 1 aliphatic rings. The van der Waals surface area contributed by atoms with Crippen LogP contribution in [0, 0.1) is 0 Å². The minimum atomic E-state index is -5.08. The molecule has 0 amide bonds. The molecule has 2 aromatic heterocycles. The van der Waals surface area contributed by atoms with Gasteiger partial charge in [0.15, 0.2) is 0 Å². The van der Waals surface area contributed by atoms with Crippen LogP contribution < -0.4 is 5.32 Å². The van der Waals surface area contributed by atoms with Gasteiger partial charge < -0.3 is 15.5 Å². The van der Waals surface area contributed by atoms with Crippen molar-refractivity contribution in [3.05, 3.63) is 52.9 Å². The predicted octanol–water partition coefficient (Wildman–Crippen LogP) is 4.30. The number of para-hydroxylation sites is 1. The van der Waals surface area contributed by atoms with Crippen molar-refractivity contribution in [2.75, 3.05) is 20.1 Å². The van der Waals surface area contributed by atoms with E-state index in [9.17, 15) is 26.3 Å². The van der Waals surface area contributed by atoms with Gasteiger partial charge in [0, 0.05) is 31.6 Å². The fourth-order valence-corrected chi connectivity index (χ4v) is 3.79. The second-order valence-corrected chi connectivity index (χ2v) is 8.85. The maximum atomic E-state index is 10.6. The van der Waals surface area contributed by atoms with Crippen LogP contribution in [0.15, 0.2) is 36.5 Å². The number of fused-ring (bicyclic) bond motifs is 1. The van der Waals surface area contributed by atoms with Gasteiger partial charge in [-0.05, 0) is 32.0 Å². The number of pyridine rings is 1. The van der Waals surface area contributed by atoms with Crippen LogP contribution in [0.4, 0.5) is 26.3 Å². The molecule has 1 saturated heterocycles. The Balaban J connectivity index is 0.000000333. The number of rotatable bonds is 5. The van der Waals surface area contributed by atoms with Crippen molar-refractivity contribution >= 4 is 34.4 Å². The summed E-state index contributed by atoms with van der Waals surface area (Å²) < 4.78 is 65.5. The molecule has 3 N–H and O–H groups in total. The first-order valence-electron chi connectivity index (χ1n) is 11.5. The van der Waals surface area contributed by atoms with Gasteiger partial charge in [0.25, 0.3) is 0 Å². The minimum absolute atomic E-state index is 0.434. The van der Waals surface area contributed by atoms with Gasteiger partial charge in [-0.25, -0.2) is 19.3 Å². The third kappa shape index (κ3) is 10.2. The van der Waals surface area contributed by atoms with Gasteiger partial charge in [0.05, 0.1) is 34.2 Å². The molecule has 3 aromatic rings. The zero-order chi connectivity index (χ0) is 30.1. The normalized spacial score (nSPS) is 14.6. The number of piperidine rings is 1. The summed E-state index contributed by atoms with van der Waals surface area (Å²) in [4.78, 5) is 25.0. The number of halogens is 7. The highest BCUT2D eigenvalue weighted by Gasteiger charge is 2.38. The van der Waals surface area contributed by atoms with Crippen LogP contribution in [0.25, 0.3) is 10.9 Å². The van der Waals surface area contributed by atoms with E-state index in [4.69, 9.17) is 36.4 Å². The number of hydrogen-bond donors (Lipinski definition) is 3. The molecule has 0 aliphatic carbocycles. The van der Waals surface area contributed by atoms with E-state index in [1.54, 1.807) is 0 Å². The van der Waals surface area contributed by atoms with Crippen LogP contribution >= 0.6 is 11.6 Å². The maximum Gasteiger partial charge on any atom is 0.490 e. The first-order valence-corrected chi connectivity index (χ1v) is 11.9. The molecule has 1 aliphatic heterocycles. The number of nitrogens with zero attached hydrogens (tertiary/aromatic N) is 5. The highest BCUT2D eigenvalue weighted by molar-refractivity contribution is 6.35. The van der Waals surface area contributed by atoms with Crippen LogP contribution in [0.5, 0.6) is 0 Å². The molecule has 10 nitrogen and oxygen atoms in total. The number of likely N-dealkylation sites (tertiary alicyclic amines) is 1. The summed E-state index contributed by atoms with van der Waals surface area (Å²) in [6, 6.07) is 10.5. The minimum Gasteiger partial charge on any atom is -0.475 e. The number of benzene rings is 1. The molecule has 0 spiro atoms. The molecule has 40 heavy (non-hydrogen) atoms. The van der Waals surface area contributed by atoms with Gasteiger partial charge in [-0.3, -0.25) is 4.90 Å². The Bertz CT molecular complexity index is 1250. The Kier molecular flexibility index (Phi) is 11.6. The topological polar surface area (TPSA) is 133 Å². The number of nitrogens with one attached hydrogen (secondary N) is 1. The standard InChI is InChI=1S/C19H23ClN6.2C2HF3O2/c1-21-11-16-13-26(24-23-16)17-7-9-25(10-8-17)12-15-6-5-14-3-2-4-18(20)19(14)22-15;2*3-2(4,5)1(6)7/h2-6,13,17,21H,7-12H2,1H3;2*(H,6,7). The van der Waals surface area contributed by atoms with E-state index < -0.39 is 24.3 Å². The molecule has 1 aromatic carbocycles. The molecule has 0 radical (unpaired) electrons. The number of alkyl halides is 6. The lowest BCUT2D eigenvalue weighted by Gasteiger charge is -2.31. The van der Waals surface area contributed by atoms with E-state index in [-0.39, 0.29) is 0 Å². The zero-order valence-corrected chi connectivity index (χ0v) is 21.6. The van der Waals surface area contributed by atoms with Crippen molar-refractivity contribution in [2.45, 2.75) is 44.3 Å². The Hall–Kier alpha value is -3.50. The Morgan fingerprint density at radius 3 is 2.10 bits per heavy atom. The largest absolute Gasteiger partial charge is 0.490 e. The summed E-state index contributed by atoms with van der Waals surface area (Å²) in [5, 5.41) is 27.7. The van der Waals surface area contributed by atoms with Gasteiger partial charge in [0.2, 0.25) is 0 Å². The number of hydrogen-bond acceptors (Lipinski definition) is 7. The smallest absolute Gasteiger partial charge is 0.475 e. The lowest BCUT2D eigenvalue weighted by Crippen LogP contribution is -2.34. The van der Waals surface area contributed by atoms with Crippen molar-refractivity contribution in [1.82, 2.24) is 30.2 Å². The second-order valence-electron chi connectivity index (χ2n) is 8.45. The summed E-state index contributed by atoms with van der Waals surface area (Å²) in [5.41, 5.74) is 2.95. The quantitative estimate of drug-likeness (QED) is 0.368. The van der Waals surface area contributed by atoms with Crippen LogP contribution in [0.2, 0.25) is 5.02 Å². The van der Waals surface area contributed by atoms with E-state index in [0.717, 1.165) is 61.3 Å². The number of aromatic nitrogens is 4. The second kappa shape index (κ2) is 14.2. The van der Waals surface area contributed by atoms with E-state index in [2.05, 4.69) is 38.9 Å². The lowest BCUT2D eigenvalue weighted by molar-refractivity contribution is -0.193. The molecule has 0 bridgehead atoms. The fraction of sp³-hybridized carbons (Fsp3) is 0.435. The molecule has 1 fully saturated rings. The van der Waals surface area contributed by atoms with Gasteiger partial charge in [-0.2, -0.15) is 26.3 Å². The van der Waals surface area contributed by atoms with Gasteiger partial charge >= 0.3 is 24.3 Å². The van der Waals surface area contributed by atoms with Crippen LogP contribution in [0.3, 0.4) is 0 Å². The van der Waals surface area contributed by atoms with Crippen molar-refractivity contribution < 1.29 is 46.1 Å². The van der Waals surface area contributed by atoms with Gasteiger partial charge in [-0.15, -0.1) is 5.10 Å².